The number of amides is 2. The third kappa shape index (κ3) is 2.24. The molecule has 0 unspecified atom stereocenters. The molecule has 2 aliphatic heterocycles. The number of benzene rings is 1. The minimum atomic E-state index is -3.83. The van der Waals surface area contributed by atoms with Crippen molar-refractivity contribution >= 4 is 21.8 Å². The van der Waals surface area contributed by atoms with Crippen molar-refractivity contribution in [1.29, 1.82) is 0 Å². The molecule has 1 saturated carbocycles. The molecule has 0 bridgehead atoms. The molecule has 2 fully saturated rings. The number of hydrogen-bond donors (Lipinski definition) is 1. The van der Waals surface area contributed by atoms with Gasteiger partial charge in [-0.25, -0.2) is 12.7 Å². The second-order valence-corrected chi connectivity index (χ2v) is 8.38. The summed E-state index contributed by atoms with van der Waals surface area (Å²) in [5.41, 5.74) is 0.489. The standard InChI is InChI=1S/C16H19N3O4S/c1-10-9-17-6-7-18(10)15(20)11-2-5-13-14(8-11)24(22,23)19(16(13)21)12-3-4-12/h2,5,8,10,12,17H,3-4,6-7,9H2,1H3/t10-/m0/s1. The van der Waals surface area contributed by atoms with Gasteiger partial charge >= 0.3 is 0 Å². The lowest BCUT2D eigenvalue weighted by molar-refractivity contribution is 0.0655. The largest absolute Gasteiger partial charge is 0.333 e. The minimum absolute atomic E-state index is 0.0342. The highest BCUT2D eigenvalue weighted by Gasteiger charge is 2.49. The summed E-state index contributed by atoms with van der Waals surface area (Å²) in [6, 6.07) is 4.21. The smallest absolute Gasteiger partial charge is 0.269 e. The van der Waals surface area contributed by atoms with Gasteiger partial charge in [-0.1, -0.05) is 0 Å². The number of carbonyl (C=O) groups excluding carboxylic acids is 2. The van der Waals surface area contributed by atoms with Gasteiger partial charge in [0.2, 0.25) is 0 Å². The zero-order valence-electron chi connectivity index (χ0n) is 13.4. The molecular weight excluding hydrogens is 330 g/mol. The van der Waals surface area contributed by atoms with E-state index in [0.717, 1.165) is 4.31 Å². The van der Waals surface area contributed by atoms with Crippen LogP contribution in [0.15, 0.2) is 23.1 Å². The zero-order chi connectivity index (χ0) is 17.1. The Morgan fingerprint density at radius 2 is 2.04 bits per heavy atom. The molecule has 3 aliphatic rings. The molecule has 1 N–H and O–H groups in total. The highest BCUT2D eigenvalue weighted by molar-refractivity contribution is 7.90. The molecule has 1 atom stereocenters. The molecule has 7 nitrogen and oxygen atoms in total. The molecule has 1 aliphatic carbocycles. The Bertz CT molecular complexity index is 832. The van der Waals surface area contributed by atoms with Crippen molar-refractivity contribution in [3.8, 4) is 0 Å². The summed E-state index contributed by atoms with van der Waals surface area (Å²) < 4.78 is 26.3. The first kappa shape index (κ1) is 15.6. The highest BCUT2D eigenvalue weighted by Crippen LogP contribution is 2.39. The number of nitrogens with zero attached hydrogens (tertiary/aromatic N) is 2. The van der Waals surface area contributed by atoms with E-state index in [1.165, 1.54) is 12.1 Å². The first-order chi connectivity index (χ1) is 11.4. The molecule has 8 heteroatoms. The van der Waals surface area contributed by atoms with Crippen molar-refractivity contribution in [2.75, 3.05) is 19.6 Å². The predicted molar refractivity (Wildman–Crippen MR) is 86.2 cm³/mol. The molecule has 0 spiro atoms. The van der Waals surface area contributed by atoms with E-state index in [2.05, 4.69) is 5.32 Å². The third-order valence-corrected chi connectivity index (χ3v) is 6.71. The molecule has 128 valence electrons. The summed E-state index contributed by atoms with van der Waals surface area (Å²) in [6.45, 7) is 3.96. The van der Waals surface area contributed by atoms with Crippen LogP contribution in [0.4, 0.5) is 0 Å². The third-order valence-electron chi connectivity index (χ3n) is 4.84. The number of rotatable bonds is 2. The van der Waals surface area contributed by atoms with Crippen molar-refractivity contribution < 1.29 is 18.0 Å². The van der Waals surface area contributed by atoms with Gasteiger partial charge in [0.15, 0.2) is 0 Å². The van der Waals surface area contributed by atoms with Gasteiger partial charge in [0.1, 0.15) is 4.90 Å². The summed E-state index contributed by atoms with van der Waals surface area (Å²) in [5, 5.41) is 3.22. The highest BCUT2D eigenvalue weighted by atomic mass is 32.2. The van der Waals surface area contributed by atoms with Crippen molar-refractivity contribution in [3.05, 3.63) is 29.3 Å². The monoisotopic (exact) mass is 349 g/mol. The number of nitrogens with one attached hydrogen (secondary N) is 1. The number of fused-ring (bicyclic) bond motifs is 1. The molecule has 2 amide bonds. The quantitative estimate of drug-likeness (QED) is 0.837. The summed E-state index contributed by atoms with van der Waals surface area (Å²) in [5.74, 6) is -0.665. The van der Waals surface area contributed by atoms with Crippen LogP contribution in [0.5, 0.6) is 0 Å². The van der Waals surface area contributed by atoms with Crippen LogP contribution in [0.25, 0.3) is 0 Å². The minimum Gasteiger partial charge on any atom is -0.333 e. The first-order valence-electron chi connectivity index (χ1n) is 8.16. The van der Waals surface area contributed by atoms with Crippen molar-refractivity contribution in [3.63, 3.8) is 0 Å². The van der Waals surface area contributed by atoms with Gasteiger partial charge in [-0.15, -0.1) is 0 Å². The van der Waals surface area contributed by atoms with Gasteiger partial charge in [-0.05, 0) is 38.0 Å². The maximum atomic E-state index is 12.7. The summed E-state index contributed by atoms with van der Waals surface area (Å²) >= 11 is 0. The van der Waals surface area contributed by atoms with E-state index < -0.39 is 15.9 Å². The molecule has 0 aromatic heterocycles. The van der Waals surface area contributed by atoms with E-state index in [0.29, 0.717) is 38.0 Å². The fourth-order valence-electron chi connectivity index (χ4n) is 3.36. The zero-order valence-corrected chi connectivity index (χ0v) is 14.2. The molecule has 1 saturated heterocycles. The Morgan fingerprint density at radius 1 is 1.29 bits per heavy atom. The van der Waals surface area contributed by atoms with Crippen molar-refractivity contribution in [2.45, 2.75) is 36.7 Å². The van der Waals surface area contributed by atoms with E-state index in [1.807, 2.05) is 6.92 Å². The van der Waals surface area contributed by atoms with Gasteiger partial charge in [0.25, 0.3) is 21.8 Å². The van der Waals surface area contributed by atoms with E-state index in [-0.39, 0.29) is 28.4 Å². The number of hydrogen-bond acceptors (Lipinski definition) is 5. The average Bonchev–Trinajstić information content (AvgIpc) is 3.35. The Kier molecular flexibility index (Phi) is 3.43. The van der Waals surface area contributed by atoms with Crippen LogP contribution < -0.4 is 5.32 Å². The lowest BCUT2D eigenvalue weighted by Gasteiger charge is -2.34. The van der Waals surface area contributed by atoms with Crippen LogP contribution >= 0.6 is 0 Å². The van der Waals surface area contributed by atoms with Crippen molar-refractivity contribution in [1.82, 2.24) is 14.5 Å². The van der Waals surface area contributed by atoms with Crippen LogP contribution in [0.3, 0.4) is 0 Å². The van der Waals surface area contributed by atoms with Crippen LogP contribution in [0.1, 0.15) is 40.5 Å². The number of piperazine rings is 1. The van der Waals surface area contributed by atoms with Gasteiger partial charge in [-0.3, -0.25) is 9.59 Å². The van der Waals surface area contributed by atoms with Crippen LogP contribution in [0.2, 0.25) is 0 Å². The van der Waals surface area contributed by atoms with Gasteiger partial charge in [-0.2, -0.15) is 0 Å². The fraction of sp³-hybridized carbons (Fsp3) is 0.500. The Hall–Kier alpha value is -1.93. The molecule has 1 aromatic carbocycles. The Morgan fingerprint density at radius 3 is 2.71 bits per heavy atom. The van der Waals surface area contributed by atoms with Gasteiger partial charge < -0.3 is 10.2 Å². The second-order valence-electron chi connectivity index (χ2n) is 6.60. The molecule has 1 aromatic rings. The normalized spacial score (nSPS) is 25.7. The lowest BCUT2D eigenvalue weighted by atomic mass is 10.1. The van der Waals surface area contributed by atoms with Crippen LogP contribution in [-0.2, 0) is 10.0 Å². The summed E-state index contributed by atoms with van der Waals surface area (Å²) in [6.07, 6.45) is 1.42. The topological polar surface area (TPSA) is 86.8 Å². The first-order valence-corrected chi connectivity index (χ1v) is 9.60. The van der Waals surface area contributed by atoms with E-state index in [1.54, 1.807) is 11.0 Å². The Labute approximate surface area is 140 Å². The van der Waals surface area contributed by atoms with E-state index in [9.17, 15) is 18.0 Å². The summed E-state index contributed by atoms with van der Waals surface area (Å²) in [7, 11) is -3.83. The second kappa shape index (κ2) is 5.29. The SMILES string of the molecule is C[C@H]1CNCCN1C(=O)c1ccc2c(c1)S(=O)(=O)N(C1CC1)C2=O. The molecule has 4 rings (SSSR count). The van der Waals surface area contributed by atoms with E-state index in [4.69, 9.17) is 0 Å². The van der Waals surface area contributed by atoms with Crippen LogP contribution in [0, 0.1) is 0 Å². The van der Waals surface area contributed by atoms with Gasteiger partial charge in [0, 0.05) is 37.3 Å². The fourth-order valence-corrected chi connectivity index (χ4v) is 5.20. The number of sulfonamides is 1. The van der Waals surface area contributed by atoms with E-state index >= 15 is 0 Å². The Balaban J connectivity index is 1.71. The average molecular weight is 349 g/mol. The van der Waals surface area contributed by atoms with Crippen molar-refractivity contribution in [2.24, 2.45) is 0 Å². The lowest BCUT2D eigenvalue weighted by Crippen LogP contribution is -2.52. The molecular formula is C16H19N3O4S. The number of carbonyl (C=O) groups is 2. The maximum absolute atomic E-state index is 12.7. The van der Waals surface area contributed by atoms with Gasteiger partial charge in [0.05, 0.1) is 5.56 Å². The predicted octanol–water partition coefficient (Wildman–Crippen LogP) is 0.427. The molecule has 0 radical (unpaired) electrons. The molecule has 2 heterocycles. The maximum Gasteiger partial charge on any atom is 0.269 e. The molecule has 24 heavy (non-hydrogen) atoms. The van der Waals surface area contributed by atoms with Crippen LogP contribution in [-0.4, -0.2) is 61.2 Å². The summed E-state index contributed by atoms with van der Waals surface area (Å²) in [4.78, 5) is 26.8.